The van der Waals surface area contributed by atoms with Crippen LogP contribution in [0, 0.1) is 5.82 Å². The van der Waals surface area contributed by atoms with Crippen LogP contribution in [0.4, 0.5) is 10.1 Å². The van der Waals surface area contributed by atoms with Crippen LogP contribution in [0.1, 0.15) is 13.8 Å². The Balaban J connectivity index is 1.77. The maximum absolute atomic E-state index is 13.6. The van der Waals surface area contributed by atoms with Crippen LogP contribution in [0.15, 0.2) is 58.8 Å². The Hall–Kier alpha value is -3.26. The predicted octanol–water partition coefficient (Wildman–Crippen LogP) is 3.10. The summed E-state index contributed by atoms with van der Waals surface area (Å²) in [6.07, 6.45) is 0. The van der Waals surface area contributed by atoms with Gasteiger partial charge in [-0.1, -0.05) is 30.3 Å². The average molecular weight is 413 g/mol. The number of benzene rings is 2. The number of fused-ring (bicyclic) bond motifs is 1. The maximum atomic E-state index is 13.6. The molecule has 0 fully saturated rings. The summed E-state index contributed by atoms with van der Waals surface area (Å²) in [6, 6.07) is 13.3. The highest BCUT2D eigenvalue weighted by Crippen LogP contribution is 2.38. The zero-order valence-electron chi connectivity index (χ0n) is 17.1. The van der Waals surface area contributed by atoms with Crippen LogP contribution in [0.2, 0.25) is 0 Å². The topological polar surface area (TPSA) is 80.6 Å². The molecule has 8 heteroatoms. The second-order valence-electron chi connectivity index (χ2n) is 6.86. The molecule has 158 valence electrons. The summed E-state index contributed by atoms with van der Waals surface area (Å²) in [5.41, 5.74) is 1.06. The second-order valence-corrected chi connectivity index (χ2v) is 6.86. The molecule has 7 nitrogen and oxygen atoms in total. The van der Waals surface area contributed by atoms with E-state index in [0.717, 1.165) is 25.2 Å². The number of ether oxygens (including phenoxy) is 1. The molecule has 0 aliphatic rings. The molecule has 3 aromatic rings. The number of aromatic hydroxyl groups is 1. The molecule has 0 aliphatic carbocycles. The number of amides is 1. The van der Waals surface area contributed by atoms with Crippen molar-refractivity contribution < 1.29 is 23.9 Å². The fourth-order valence-corrected chi connectivity index (χ4v) is 3.31. The van der Waals surface area contributed by atoms with Gasteiger partial charge in [0, 0.05) is 5.39 Å². The molecule has 2 N–H and O–H groups in total. The van der Waals surface area contributed by atoms with Gasteiger partial charge in [0.05, 0.1) is 31.7 Å². The van der Waals surface area contributed by atoms with Gasteiger partial charge in [0.15, 0.2) is 23.9 Å². The number of para-hydroxylation sites is 2. The molecule has 0 aliphatic heterocycles. The van der Waals surface area contributed by atoms with Gasteiger partial charge in [0.25, 0.3) is 0 Å². The van der Waals surface area contributed by atoms with E-state index in [9.17, 15) is 14.3 Å². The van der Waals surface area contributed by atoms with Crippen molar-refractivity contribution in [1.82, 2.24) is 4.57 Å². The third kappa shape index (κ3) is 4.83. The van der Waals surface area contributed by atoms with Gasteiger partial charge in [-0.25, -0.2) is 4.39 Å². The Morgan fingerprint density at radius 3 is 2.57 bits per heavy atom. The molecule has 0 radical (unpaired) electrons. The van der Waals surface area contributed by atoms with Crippen LogP contribution in [0.3, 0.4) is 0 Å². The molecule has 0 bridgehead atoms. The van der Waals surface area contributed by atoms with Crippen molar-refractivity contribution in [2.45, 2.75) is 20.4 Å². The van der Waals surface area contributed by atoms with Crippen molar-refractivity contribution >= 4 is 22.5 Å². The summed E-state index contributed by atoms with van der Waals surface area (Å²) in [4.78, 5) is 13.5. The van der Waals surface area contributed by atoms with Gasteiger partial charge >= 0.3 is 5.91 Å². The molecule has 1 heterocycles. The normalized spacial score (nSPS) is 11.6. The van der Waals surface area contributed by atoms with E-state index < -0.39 is 18.3 Å². The number of likely N-dealkylation sites (N-methyl/N-ethyl adjacent to an activating group) is 1. The molecule has 0 atom stereocenters. The summed E-state index contributed by atoms with van der Waals surface area (Å²) in [5, 5.41) is 19.1. The van der Waals surface area contributed by atoms with Gasteiger partial charge in [-0.15, -0.1) is 10.2 Å². The van der Waals surface area contributed by atoms with Gasteiger partial charge in [-0.05, 0) is 32.0 Å². The number of rotatable bonds is 9. The van der Waals surface area contributed by atoms with E-state index in [1.807, 2.05) is 24.3 Å². The van der Waals surface area contributed by atoms with Gasteiger partial charge in [-0.3, -0.25) is 4.79 Å². The molecule has 3 rings (SSSR count). The molecule has 0 unspecified atom stereocenters. The first-order valence-electron chi connectivity index (χ1n) is 10.0. The Kier molecular flexibility index (Phi) is 7.13. The quantitative estimate of drug-likeness (QED) is 0.529. The zero-order chi connectivity index (χ0) is 21.5. The largest absolute Gasteiger partial charge is 0.493 e. The maximum Gasteiger partial charge on any atom is 0.302 e. The zero-order valence-corrected chi connectivity index (χ0v) is 17.1. The van der Waals surface area contributed by atoms with Crippen molar-refractivity contribution in [3.63, 3.8) is 0 Å². The van der Waals surface area contributed by atoms with Crippen molar-refractivity contribution in [2.75, 3.05) is 26.2 Å². The SMILES string of the molecule is CC[NH+](CC)CCn1c(O)c(N=NC(=O)COc2ccccc2F)c2ccccc21. The third-order valence-corrected chi connectivity index (χ3v) is 5.06. The van der Waals surface area contributed by atoms with Crippen molar-refractivity contribution in [3.05, 3.63) is 54.3 Å². The Morgan fingerprint density at radius 1 is 1.13 bits per heavy atom. The second kappa shape index (κ2) is 9.98. The minimum absolute atomic E-state index is 0.0283. The average Bonchev–Trinajstić information content (AvgIpc) is 3.03. The molecule has 0 saturated heterocycles. The monoisotopic (exact) mass is 413 g/mol. The van der Waals surface area contributed by atoms with Gasteiger partial charge in [0.1, 0.15) is 0 Å². The standard InChI is InChI=1S/C22H25FN4O3/c1-3-26(4-2)13-14-27-18-11-7-5-9-16(18)21(22(27)29)25-24-20(28)15-30-19-12-8-6-10-17(19)23/h5-12,29H,3-4,13-15H2,1-2H3/p+1. The number of nitrogens with one attached hydrogen (secondary N) is 1. The highest BCUT2D eigenvalue weighted by atomic mass is 19.1. The van der Waals surface area contributed by atoms with Gasteiger partial charge in [-0.2, -0.15) is 0 Å². The third-order valence-electron chi connectivity index (χ3n) is 5.06. The van der Waals surface area contributed by atoms with Crippen LogP contribution in [-0.2, 0) is 11.3 Å². The van der Waals surface area contributed by atoms with Crippen LogP contribution in [0.25, 0.3) is 10.9 Å². The fraction of sp³-hybridized carbons (Fsp3) is 0.318. The highest BCUT2D eigenvalue weighted by molar-refractivity contribution is 5.95. The molecule has 30 heavy (non-hydrogen) atoms. The first kappa shape index (κ1) is 21.4. The molecule has 1 amide bonds. The van der Waals surface area contributed by atoms with Crippen LogP contribution in [0.5, 0.6) is 11.6 Å². The lowest BCUT2D eigenvalue weighted by Crippen LogP contribution is -3.11. The minimum atomic E-state index is -0.679. The summed E-state index contributed by atoms with van der Waals surface area (Å²) >= 11 is 0. The van der Waals surface area contributed by atoms with E-state index in [1.165, 1.54) is 23.1 Å². The molecule has 0 spiro atoms. The Bertz CT molecular complexity index is 1040. The summed E-state index contributed by atoms with van der Waals surface area (Å²) < 4.78 is 20.5. The number of nitrogens with zero attached hydrogens (tertiary/aromatic N) is 3. The minimum Gasteiger partial charge on any atom is -0.493 e. The smallest absolute Gasteiger partial charge is 0.302 e. The lowest BCUT2D eigenvalue weighted by Gasteiger charge is -2.16. The number of halogens is 1. The number of hydrogen-bond acceptors (Lipinski definition) is 4. The number of aromatic nitrogens is 1. The van der Waals surface area contributed by atoms with E-state index in [4.69, 9.17) is 4.74 Å². The van der Waals surface area contributed by atoms with E-state index in [0.29, 0.717) is 11.9 Å². The van der Waals surface area contributed by atoms with Crippen molar-refractivity contribution in [2.24, 2.45) is 10.2 Å². The lowest BCUT2D eigenvalue weighted by atomic mass is 10.2. The summed E-state index contributed by atoms with van der Waals surface area (Å²) in [6.45, 7) is 7.27. The van der Waals surface area contributed by atoms with E-state index in [-0.39, 0.29) is 17.3 Å². The highest BCUT2D eigenvalue weighted by Gasteiger charge is 2.18. The van der Waals surface area contributed by atoms with Crippen LogP contribution < -0.4 is 9.64 Å². The van der Waals surface area contributed by atoms with Gasteiger partial charge in [0.2, 0.25) is 5.88 Å². The molecular formula is C22H26FN4O3+. The Morgan fingerprint density at radius 2 is 1.83 bits per heavy atom. The summed E-state index contributed by atoms with van der Waals surface area (Å²) in [7, 11) is 0. The Labute approximate surface area is 174 Å². The van der Waals surface area contributed by atoms with E-state index in [1.54, 1.807) is 10.6 Å². The van der Waals surface area contributed by atoms with Crippen molar-refractivity contribution in [3.8, 4) is 11.6 Å². The molecule has 1 aromatic heterocycles. The number of carbonyl (C=O) groups is 1. The summed E-state index contributed by atoms with van der Waals surface area (Å²) in [5.74, 6) is -1.30. The van der Waals surface area contributed by atoms with Crippen LogP contribution >= 0.6 is 0 Å². The number of quaternary nitrogens is 1. The van der Waals surface area contributed by atoms with E-state index in [2.05, 4.69) is 24.1 Å². The number of azo groups is 1. The first-order valence-corrected chi connectivity index (χ1v) is 10.0. The lowest BCUT2D eigenvalue weighted by molar-refractivity contribution is -0.897. The number of hydrogen-bond donors (Lipinski definition) is 2. The first-order chi connectivity index (χ1) is 14.5. The fourth-order valence-electron chi connectivity index (χ4n) is 3.31. The van der Waals surface area contributed by atoms with E-state index >= 15 is 0 Å². The molecule has 2 aromatic carbocycles. The number of carbonyl (C=O) groups excluding carboxylic acids is 1. The van der Waals surface area contributed by atoms with Crippen molar-refractivity contribution in [1.29, 1.82) is 0 Å². The molecule has 0 saturated carbocycles. The van der Waals surface area contributed by atoms with Gasteiger partial charge < -0.3 is 19.3 Å². The van der Waals surface area contributed by atoms with Crippen LogP contribution in [-0.4, -0.2) is 41.8 Å². The molecular weight excluding hydrogens is 387 g/mol. The predicted molar refractivity (Wildman–Crippen MR) is 112 cm³/mol.